The number of allylic oxidation sites excluding steroid dienone is 2. The molecule has 0 aliphatic carbocycles. The van der Waals surface area contributed by atoms with Gasteiger partial charge in [0.25, 0.3) is 0 Å². The van der Waals surface area contributed by atoms with Crippen LogP contribution in [0.4, 0.5) is 0 Å². The fourth-order valence-electron chi connectivity index (χ4n) is 0.542. The van der Waals surface area contributed by atoms with Crippen molar-refractivity contribution in [3.8, 4) is 12.1 Å². The molecule has 0 aromatic rings. The largest absolute Gasteiger partial charge is 0.198 e. The highest BCUT2D eigenvalue weighted by Gasteiger charge is 2.01. The first-order valence-electron chi connectivity index (χ1n) is 3.15. The highest BCUT2D eigenvalue weighted by molar-refractivity contribution is 5.14. The molecular formula is C8H10N2. The average Bonchev–Trinajstić information content (AvgIpc) is 1.89. The second-order valence-electron chi connectivity index (χ2n) is 2.28. The summed E-state index contributed by atoms with van der Waals surface area (Å²) in [6.07, 6.45) is 1.98. The molecule has 2 heteroatoms. The molecule has 0 aromatic heterocycles. The molecule has 0 aliphatic rings. The molecule has 0 radical (unpaired) electrons. The van der Waals surface area contributed by atoms with Gasteiger partial charge in [0, 0.05) is 12.5 Å². The van der Waals surface area contributed by atoms with Crippen LogP contribution in [0.3, 0.4) is 0 Å². The SMILES string of the molecule is C/C(=C\C#N)C(C)CC#N. The summed E-state index contributed by atoms with van der Waals surface area (Å²) in [5, 5.41) is 16.5. The molecule has 0 saturated carbocycles. The zero-order chi connectivity index (χ0) is 7.98. The summed E-state index contributed by atoms with van der Waals surface area (Å²) >= 11 is 0. The maximum absolute atomic E-state index is 8.29. The van der Waals surface area contributed by atoms with Crippen LogP contribution >= 0.6 is 0 Å². The van der Waals surface area contributed by atoms with Gasteiger partial charge in [-0.25, -0.2) is 0 Å². The molecule has 52 valence electrons. The molecule has 0 heterocycles. The predicted octanol–water partition coefficient (Wildman–Crippen LogP) is 2.01. The van der Waals surface area contributed by atoms with E-state index in [9.17, 15) is 0 Å². The van der Waals surface area contributed by atoms with Gasteiger partial charge in [-0.1, -0.05) is 12.5 Å². The van der Waals surface area contributed by atoms with Crippen LogP contribution in [-0.2, 0) is 0 Å². The van der Waals surface area contributed by atoms with E-state index in [0.29, 0.717) is 6.42 Å². The Morgan fingerprint density at radius 2 is 2.20 bits per heavy atom. The summed E-state index contributed by atoms with van der Waals surface area (Å²) in [7, 11) is 0. The van der Waals surface area contributed by atoms with Crippen LogP contribution in [0, 0.1) is 28.6 Å². The van der Waals surface area contributed by atoms with Gasteiger partial charge in [0.15, 0.2) is 0 Å². The molecule has 0 saturated heterocycles. The zero-order valence-electron chi connectivity index (χ0n) is 6.26. The van der Waals surface area contributed by atoms with Crippen molar-refractivity contribution in [3.05, 3.63) is 11.6 Å². The van der Waals surface area contributed by atoms with Crippen molar-refractivity contribution in [2.75, 3.05) is 0 Å². The summed E-state index contributed by atoms with van der Waals surface area (Å²) in [5.41, 5.74) is 0.976. The van der Waals surface area contributed by atoms with Crippen molar-refractivity contribution < 1.29 is 0 Å². The lowest BCUT2D eigenvalue weighted by molar-refractivity contribution is 0.703. The van der Waals surface area contributed by atoms with Crippen LogP contribution < -0.4 is 0 Å². The van der Waals surface area contributed by atoms with Gasteiger partial charge in [-0.15, -0.1) is 0 Å². The van der Waals surface area contributed by atoms with Gasteiger partial charge in [-0.3, -0.25) is 0 Å². The number of hydrogen-bond donors (Lipinski definition) is 0. The molecular weight excluding hydrogens is 124 g/mol. The summed E-state index contributed by atoms with van der Waals surface area (Å²) in [6.45, 7) is 3.80. The Morgan fingerprint density at radius 1 is 1.60 bits per heavy atom. The maximum Gasteiger partial charge on any atom is 0.0911 e. The third-order valence-corrected chi connectivity index (χ3v) is 1.47. The van der Waals surface area contributed by atoms with Crippen LogP contribution in [0.1, 0.15) is 20.3 Å². The van der Waals surface area contributed by atoms with E-state index in [2.05, 4.69) is 6.07 Å². The van der Waals surface area contributed by atoms with Crippen molar-refractivity contribution in [2.24, 2.45) is 5.92 Å². The number of hydrogen-bond acceptors (Lipinski definition) is 2. The normalized spacial score (nSPS) is 13.4. The van der Waals surface area contributed by atoms with E-state index in [1.807, 2.05) is 19.9 Å². The van der Waals surface area contributed by atoms with Gasteiger partial charge in [-0.2, -0.15) is 10.5 Å². The Labute approximate surface area is 61.4 Å². The number of rotatable bonds is 2. The van der Waals surface area contributed by atoms with Crippen molar-refractivity contribution in [2.45, 2.75) is 20.3 Å². The summed E-state index contributed by atoms with van der Waals surface area (Å²) < 4.78 is 0. The standard InChI is InChI=1S/C8H10N2/c1-7(3-5-9)8(2)4-6-10/h3,8H,4H2,1-2H3/b7-3+. The lowest BCUT2D eigenvalue weighted by atomic mass is 10.00. The number of nitrogens with zero attached hydrogens (tertiary/aromatic N) is 2. The van der Waals surface area contributed by atoms with Gasteiger partial charge >= 0.3 is 0 Å². The smallest absolute Gasteiger partial charge is 0.0911 e. The Hall–Kier alpha value is -1.28. The minimum absolute atomic E-state index is 0.213. The molecule has 0 N–H and O–H groups in total. The molecule has 0 rings (SSSR count). The summed E-state index contributed by atoms with van der Waals surface area (Å²) in [6, 6.07) is 3.99. The Balaban J connectivity index is 3.99. The molecule has 0 aromatic carbocycles. The first kappa shape index (κ1) is 8.72. The summed E-state index contributed by atoms with van der Waals surface area (Å²) in [5.74, 6) is 0.213. The molecule has 0 bridgehead atoms. The Kier molecular flexibility index (Phi) is 4.00. The van der Waals surface area contributed by atoms with Crippen LogP contribution in [-0.4, -0.2) is 0 Å². The topological polar surface area (TPSA) is 47.6 Å². The minimum atomic E-state index is 0.213. The third kappa shape index (κ3) is 2.89. The van der Waals surface area contributed by atoms with Crippen molar-refractivity contribution in [1.82, 2.24) is 0 Å². The zero-order valence-corrected chi connectivity index (χ0v) is 6.26. The predicted molar refractivity (Wildman–Crippen MR) is 38.8 cm³/mol. The Morgan fingerprint density at radius 3 is 2.60 bits per heavy atom. The highest BCUT2D eigenvalue weighted by atomic mass is 14.2. The van der Waals surface area contributed by atoms with Gasteiger partial charge in [-0.05, 0) is 12.8 Å². The third-order valence-electron chi connectivity index (χ3n) is 1.47. The molecule has 0 aliphatic heterocycles. The fourth-order valence-corrected chi connectivity index (χ4v) is 0.542. The first-order chi connectivity index (χ1) is 4.72. The molecule has 10 heavy (non-hydrogen) atoms. The van der Waals surface area contributed by atoms with Crippen molar-refractivity contribution in [1.29, 1.82) is 10.5 Å². The van der Waals surface area contributed by atoms with Gasteiger partial charge < -0.3 is 0 Å². The van der Waals surface area contributed by atoms with E-state index >= 15 is 0 Å². The van der Waals surface area contributed by atoms with Crippen LogP contribution in [0.2, 0.25) is 0 Å². The number of nitriles is 2. The van der Waals surface area contributed by atoms with E-state index in [0.717, 1.165) is 5.57 Å². The molecule has 2 nitrogen and oxygen atoms in total. The average molecular weight is 134 g/mol. The molecule has 0 spiro atoms. The van der Waals surface area contributed by atoms with Gasteiger partial charge in [0.2, 0.25) is 0 Å². The van der Waals surface area contributed by atoms with E-state index in [-0.39, 0.29) is 5.92 Å². The quantitative estimate of drug-likeness (QED) is 0.542. The molecule has 1 atom stereocenters. The van der Waals surface area contributed by atoms with Gasteiger partial charge in [0.05, 0.1) is 12.1 Å². The maximum atomic E-state index is 8.29. The minimum Gasteiger partial charge on any atom is -0.198 e. The van der Waals surface area contributed by atoms with Crippen LogP contribution in [0.5, 0.6) is 0 Å². The monoisotopic (exact) mass is 134 g/mol. The first-order valence-corrected chi connectivity index (χ1v) is 3.15. The van der Waals surface area contributed by atoms with Gasteiger partial charge in [0.1, 0.15) is 0 Å². The van der Waals surface area contributed by atoms with E-state index < -0.39 is 0 Å². The van der Waals surface area contributed by atoms with Crippen LogP contribution in [0.15, 0.2) is 11.6 Å². The Bertz CT molecular complexity index is 202. The molecule has 1 unspecified atom stereocenters. The van der Waals surface area contributed by atoms with Crippen molar-refractivity contribution >= 4 is 0 Å². The molecule has 0 amide bonds. The van der Waals surface area contributed by atoms with Crippen molar-refractivity contribution in [3.63, 3.8) is 0 Å². The lowest BCUT2D eigenvalue weighted by Crippen LogP contribution is -1.93. The second-order valence-corrected chi connectivity index (χ2v) is 2.28. The summed E-state index contributed by atoms with van der Waals surface area (Å²) in [4.78, 5) is 0. The fraction of sp³-hybridized carbons (Fsp3) is 0.500. The molecule has 0 fully saturated rings. The lowest BCUT2D eigenvalue weighted by Gasteiger charge is -2.03. The van der Waals surface area contributed by atoms with E-state index in [1.165, 1.54) is 6.08 Å². The van der Waals surface area contributed by atoms with E-state index in [1.54, 1.807) is 0 Å². The second kappa shape index (κ2) is 4.58. The van der Waals surface area contributed by atoms with Crippen LogP contribution in [0.25, 0.3) is 0 Å². The van der Waals surface area contributed by atoms with E-state index in [4.69, 9.17) is 10.5 Å². The highest BCUT2D eigenvalue weighted by Crippen LogP contribution is 2.11.